The molecular weight excluding hydrogens is 382 g/mol. The van der Waals surface area contributed by atoms with Crippen LogP contribution in [0, 0.1) is 0 Å². The predicted octanol–water partition coefficient (Wildman–Crippen LogP) is 4.81. The van der Waals surface area contributed by atoms with Crippen molar-refractivity contribution < 1.29 is 9.59 Å². The zero-order valence-electron chi connectivity index (χ0n) is 14.4. The summed E-state index contributed by atoms with van der Waals surface area (Å²) in [5, 5.41) is 9.18. The topological polar surface area (TPSA) is 70.6 Å². The van der Waals surface area contributed by atoms with Crippen LogP contribution in [0.2, 0.25) is 5.02 Å². The predicted molar refractivity (Wildman–Crippen MR) is 110 cm³/mol. The van der Waals surface area contributed by atoms with E-state index in [2.05, 4.69) is 15.8 Å². The van der Waals surface area contributed by atoms with Crippen molar-refractivity contribution in [3.8, 4) is 0 Å². The fraction of sp³-hybridized carbons (Fsp3) is 0.0500. The van der Waals surface area contributed by atoms with Gasteiger partial charge in [-0.1, -0.05) is 41.9 Å². The maximum absolute atomic E-state index is 12.1. The summed E-state index contributed by atoms with van der Waals surface area (Å²) in [6.07, 6.45) is 0. The molecule has 0 saturated heterocycles. The molecule has 2 N–H and O–H groups in total. The first-order chi connectivity index (χ1) is 13.0. The Bertz CT molecular complexity index is 983. The second kappa shape index (κ2) is 8.62. The summed E-state index contributed by atoms with van der Waals surface area (Å²) in [5.74, 6) is -0.519. The molecule has 0 aliphatic heterocycles. The Hall–Kier alpha value is -2.96. The quantitative estimate of drug-likeness (QED) is 0.479. The molecule has 0 spiro atoms. The van der Waals surface area contributed by atoms with Crippen molar-refractivity contribution in [2.45, 2.75) is 6.92 Å². The first-order valence-electron chi connectivity index (χ1n) is 8.09. The van der Waals surface area contributed by atoms with Gasteiger partial charge >= 0.3 is 0 Å². The molecular formula is C20H16ClN3O2S. The van der Waals surface area contributed by atoms with E-state index in [1.54, 1.807) is 49.4 Å². The third-order valence-electron chi connectivity index (χ3n) is 3.75. The Morgan fingerprint density at radius 1 is 0.963 bits per heavy atom. The summed E-state index contributed by atoms with van der Waals surface area (Å²) in [6.45, 7) is 1.78. The molecule has 0 fully saturated rings. The molecule has 3 aromatic rings. The van der Waals surface area contributed by atoms with Crippen LogP contribution in [0.25, 0.3) is 0 Å². The number of carbonyl (C=O) groups is 2. The Morgan fingerprint density at radius 2 is 1.70 bits per heavy atom. The lowest BCUT2D eigenvalue weighted by Crippen LogP contribution is -2.19. The summed E-state index contributed by atoms with van der Waals surface area (Å²) >= 11 is 7.39. The van der Waals surface area contributed by atoms with Crippen LogP contribution in [0.3, 0.4) is 0 Å². The molecule has 2 aromatic carbocycles. The first kappa shape index (κ1) is 18.8. The number of thiophene rings is 1. The van der Waals surface area contributed by atoms with Crippen LogP contribution < -0.4 is 10.7 Å². The van der Waals surface area contributed by atoms with Crippen LogP contribution in [0.1, 0.15) is 32.5 Å². The summed E-state index contributed by atoms with van der Waals surface area (Å²) in [7, 11) is 0. The molecule has 1 heterocycles. The molecule has 3 rings (SSSR count). The number of halogens is 1. The van der Waals surface area contributed by atoms with Gasteiger partial charge in [-0.05, 0) is 48.2 Å². The minimum absolute atomic E-state index is 0.143. The zero-order chi connectivity index (χ0) is 19.2. The standard InChI is InChI=1S/C20H16ClN3O2S/c1-13(23-24-19(25)16-5-2-3-6-17(16)21)14-8-10-15(11-9-14)22-20(26)18-7-4-12-27-18/h2-12H,1H3,(H,22,26)(H,24,25)/b23-13+. The number of amides is 2. The number of nitrogens with one attached hydrogen (secondary N) is 2. The van der Waals surface area contributed by atoms with E-state index in [9.17, 15) is 9.59 Å². The molecule has 7 heteroatoms. The lowest BCUT2D eigenvalue weighted by atomic mass is 10.1. The SMILES string of the molecule is C/C(=N\NC(=O)c1ccccc1Cl)c1ccc(NC(=O)c2cccs2)cc1. The van der Waals surface area contributed by atoms with Crippen molar-refractivity contribution in [1.82, 2.24) is 5.43 Å². The lowest BCUT2D eigenvalue weighted by molar-refractivity contribution is 0.0954. The highest BCUT2D eigenvalue weighted by molar-refractivity contribution is 7.12. The molecule has 0 aliphatic rings. The summed E-state index contributed by atoms with van der Waals surface area (Å²) < 4.78 is 0. The van der Waals surface area contributed by atoms with Gasteiger partial charge in [-0.2, -0.15) is 5.10 Å². The Labute approximate surface area is 165 Å². The molecule has 5 nitrogen and oxygen atoms in total. The number of anilines is 1. The molecule has 0 saturated carbocycles. The van der Waals surface area contributed by atoms with Gasteiger partial charge in [0, 0.05) is 5.69 Å². The highest BCUT2D eigenvalue weighted by atomic mass is 35.5. The number of nitrogens with zero attached hydrogens (tertiary/aromatic N) is 1. The van der Waals surface area contributed by atoms with E-state index in [4.69, 9.17) is 11.6 Å². The number of carbonyl (C=O) groups excluding carboxylic acids is 2. The number of hydrazone groups is 1. The summed E-state index contributed by atoms with van der Waals surface area (Å²) in [6, 6.07) is 17.6. The van der Waals surface area contributed by atoms with Gasteiger partial charge in [0.25, 0.3) is 11.8 Å². The number of benzene rings is 2. The monoisotopic (exact) mass is 397 g/mol. The lowest BCUT2D eigenvalue weighted by Gasteiger charge is -2.06. The van der Waals surface area contributed by atoms with Crippen LogP contribution in [0.5, 0.6) is 0 Å². The second-order valence-corrected chi connectivity index (χ2v) is 6.98. The fourth-order valence-corrected chi connectivity index (χ4v) is 3.14. The smallest absolute Gasteiger partial charge is 0.272 e. The van der Waals surface area contributed by atoms with Crippen molar-refractivity contribution in [3.63, 3.8) is 0 Å². The minimum atomic E-state index is -0.375. The minimum Gasteiger partial charge on any atom is -0.321 e. The molecule has 0 unspecified atom stereocenters. The van der Waals surface area contributed by atoms with Gasteiger partial charge in [0.1, 0.15) is 0 Å². The summed E-state index contributed by atoms with van der Waals surface area (Å²) in [5.41, 5.74) is 5.00. The third kappa shape index (κ3) is 4.81. The highest BCUT2D eigenvalue weighted by Crippen LogP contribution is 2.16. The molecule has 2 amide bonds. The van der Waals surface area contributed by atoms with Gasteiger partial charge in [-0.3, -0.25) is 9.59 Å². The molecule has 0 radical (unpaired) electrons. The number of rotatable bonds is 5. The molecule has 0 aliphatic carbocycles. The van der Waals surface area contributed by atoms with E-state index in [-0.39, 0.29) is 11.8 Å². The van der Waals surface area contributed by atoms with E-state index in [1.807, 2.05) is 23.6 Å². The molecule has 136 valence electrons. The van der Waals surface area contributed by atoms with Crippen molar-refractivity contribution in [2.75, 3.05) is 5.32 Å². The van der Waals surface area contributed by atoms with Crippen LogP contribution in [0.15, 0.2) is 71.1 Å². The second-order valence-electron chi connectivity index (χ2n) is 5.63. The number of hydrogen-bond acceptors (Lipinski definition) is 4. The molecule has 0 atom stereocenters. The van der Waals surface area contributed by atoms with Gasteiger partial charge in [0.15, 0.2) is 0 Å². The van der Waals surface area contributed by atoms with Crippen LogP contribution in [0.4, 0.5) is 5.69 Å². The Balaban J connectivity index is 1.64. The van der Waals surface area contributed by atoms with E-state index < -0.39 is 0 Å². The molecule has 27 heavy (non-hydrogen) atoms. The highest BCUT2D eigenvalue weighted by Gasteiger charge is 2.09. The fourth-order valence-electron chi connectivity index (χ4n) is 2.30. The molecule has 1 aromatic heterocycles. The van der Waals surface area contributed by atoms with Crippen molar-refractivity contribution in [3.05, 3.63) is 87.1 Å². The largest absolute Gasteiger partial charge is 0.321 e. The van der Waals surface area contributed by atoms with Gasteiger partial charge in [0.2, 0.25) is 0 Å². The summed E-state index contributed by atoms with van der Waals surface area (Å²) in [4.78, 5) is 24.8. The normalized spacial score (nSPS) is 11.1. The van der Waals surface area contributed by atoms with E-state index >= 15 is 0 Å². The Morgan fingerprint density at radius 3 is 2.37 bits per heavy atom. The average Bonchev–Trinajstić information content (AvgIpc) is 3.22. The maximum Gasteiger partial charge on any atom is 0.272 e. The number of hydrogen-bond donors (Lipinski definition) is 2. The average molecular weight is 398 g/mol. The van der Waals surface area contributed by atoms with Crippen LogP contribution >= 0.6 is 22.9 Å². The van der Waals surface area contributed by atoms with Crippen LogP contribution in [-0.4, -0.2) is 17.5 Å². The zero-order valence-corrected chi connectivity index (χ0v) is 16.0. The van der Waals surface area contributed by atoms with Gasteiger partial charge in [0.05, 0.1) is 21.2 Å². The Kier molecular flexibility index (Phi) is 6.01. The maximum atomic E-state index is 12.1. The van der Waals surface area contributed by atoms with Gasteiger partial charge in [-0.25, -0.2) is 5.43 Å². The third-order valence-corrected chi connectivity index (χ3v) is 4.95. The van der Waals surface area contributed by atoms with E-state index in [1.165, 1.54) is 11.3 Å². The first-order valence-corrected chi connectivity index (χ1v) is 9.35. The van der Waals surface area contributed by atoms with Crippen molar-refractivity contribution in [2.24, 2.45) is 5.10 Å². The van der Waals surface area contributed by atoms with E-state index in [0.717, 1.165) is 5.56 Å². The van der Waals surface area contributed by atoms with Crippen molar-refractivity contribution in [1.29, 1.82) is 0 Å². The van der Waals surface area contributed by atoms with Gasteiger partial charge in [-0.15, -0.1) is 11.3 Å². The molecule has 0 bridgehead atoms. The van der Waals surface area contributed by atoms with Gasteiger partial charge < -0.3 is 5.32 Å². The van der Waals surface area contributed by atoms with E-state index in [0.29, 0.717) is 26.9 Å². The van der Waals surface area contributed by atoms with Crippen molar-refractivity contribution >= 4 is 46.2 Å². The van der Waals surface area contributed by atoms with Crippen LogP contribution in [-0.2, 0) is 0 Å².